The maximum Gasteiger partial charge on any atom is 0.238 e. The predicted octanol–water partition coefficient (Wildman–Crippen LogP) is 3.78. The highest BCUT2D eigenvalue weighted by Gasteiger charge is 2.16. The molecule has 0 fully saturated rings. The number of carbonyl (C=O) groups excluding carboxylic acids is 1. The number of hydrogen-bond donors (Lipinski definition) is 2. The fourth-order valence-corrected chi connectivity index (χ4v) is 3.20. The van der Waals surface area contributed by atoms with Gasteiger partial charge in [-0.05, 0) is 47.9 Å². The van der Waals surface area contributed by atoms with Gasteiger partial charge in [-0.1, -0.05) is 29.8 Å². The van der Waals surface area contributed by atoms with Crippen molar-refractivity contribution >= 4 is 28.8 Å². The summed E-state index contributed by atoms with van der Waals surface area (Å²) in [7, 11) is 1.55. The Morgan fingerprint density at radius 3 is 2.65 bits per heavy atom. The molecule has 0 unspecified atom stereocenters. The Morgan fingerprint density at radius 2 is 2.04 bits per heavy atom. The van der Waals surface area contributed by atoms with Crippen molar-refractivity contribution in [2.75, 3.05) is 32.1 Å². The van der Waals surface area contributed by atoms with Gasteiger partial charge in [0.05, 0.1) is 18.7 Å². The average molecular weight is 373 g/mol. The van der Waals surface area contributed by atoms with Gasteiger partial charge in [-0.2, -0.15) is 0 Å². The van der Waals surface area contributed by atoms with E-state index in [1.54, 1.807) is 37.4 Å². The Labute approximate surface area is 157 Å². The zero-order chi connectivity index (χ0) is 18.5. The van der Waals surface area contributed by atoms with Crippen molar-refractivity contribution in [3.8, 4) is 11.5 Å². The summed E-state index contributed by atoms with van der Waals surface area (Å²) in [5, 5.41) is 12.7. The van der Waals surface area contributed by atoms with E-state index < -0.39 is 0 Å². The van der Waals surface area contributed by atoms with Gasteiger partial charge in [0, 0.05) is 18.8 Å². The van der Waals surface area contributed by atoms with Crippen LogP contribution in [0.3, 0.4) is 0 Å². The fraction of sp³-hybridized carbons (Fsp3) is 0.250. The van der Waals surface area contributed by atoms with Crippen LogP contribution in [0.15, 0.2) is 48.5 Å². The number of nitrogens with zero attached hydrogens (tertiary/aromatic N) is 1. The molecule has 3 rings (SSSR count). The Kier molecular flexibility index (Phi) is 5.81. The number of amides is 1. The van der Waals surface area contributed by atoms with Gasteiger partial charge >= 0.3 is 0 Å². The lowest BCUT2D eigenvalue weighted by atomic mass is 9.99. The molecular weight excluding hydrogens is 352 g/mol. The second kappa shape index (κ2) is 8.25. The van der Waals surface area contributed by atoms with Gasteiger partial charge in [-0.25, -0.2) is 0 Å². The summed E-state index contributed by atoms with van der Waals surface area (Å²) in [6.07, 6.45) is 3.00. The van der Waals surface area contributed by atoms with E-state index in [9.17, 15) is 9.90 Å². The molecule has 1 aliphatic rings. The van der Waals surface area contributed by atoms with E-state index in [4.69, 9.17) is 16.3 Å². The van der Waals surface area contributed by atoms with Gasteiger partial charge in [-0.15, -0.1) is 0 Å². The molecular formula is C20H21ClN2O3. The van der Waals surface area contributed by atoms with Crippen LogP contribution in [-0.4, -0.2) is 42.7 Å². The molecule has 1 amide bonds. The number of carbonyl (C=O) groups is 1. The number of phenols is 1. The molecule has 2 N–H and O–H groups in total. The maximum absolute atomic E-state index is 12.3. The lowest BCUT2D eigenvalue weighted by Crippen LogP contribution is -2.36. The summed E-state index contributed by atoms with van der Waals surface area (Å²) < 4.78 is 5.11. The van der Waals surface area contributed by atoms with Crippen LogP contribution in [-0.2, 0) is 4.79 Å². The molecule has 0 aliphatic carbocycles. The summed E-state index contributed by atoms with van der Waals surface area (Å²) >= 11 is 6.08. The van der Waals surface area contributed by atoms with Crippen molar-refractivity contribution in [2.24, 2.45) is 0 Å². The standard InChI is InChI=1S/C20H21ClN2O3/c1-26-19-7-4-16(12-18(19)21)22-20(25)13-23-10-8-15(9-11-23)14-2-5-17(24)6-3-14/h2-8,12,24H,9-11,13H2,1H3,(H,22,25). The van der Waals surface area contributed by atoms with Crippen LogP contribution in [0.2, 0.25) is 5.02 Å². The third-order valence-electron chi connectivity index (χ3n) is 4.33. The molecule has 2 aromatic carbocycles. The topological polar surface area (TPSA) is 61.8 Å². The summed E-state index contributed by atoms with van der Waals surface area (Å²) in [6, 6.07) is 12.4. The molecule has 0 aromatic heterocycles. The molecule has 0 spiro atoms. The van der Waals surface area contributed by atoms with Crippen LogP contribution in [0, 0.1) is 0 Å². The van der Waals surface area contributed by atoms with E-state index in [0.717, 1.165) is 18.5 Å². The summed E-state index contributed by atoms with van der Waals surface area (Å²) in [6.45, 7) is 1.85. The number of halogens is 1. The first-order valence-electron chi connectivity index (χ1n) is 8.39. The quantitative estimate of drug-likeness (QED) is 0.838. The number of hydrogen-bond acceptors (Lipinski definition) is 4. The first-order valence-corrected chi connectivity index (χ1v) is 8.77. The van der Waals surface area contributed by atoms with E-state index in [2.05, 4.69) is 16.3 Å². The number of methoxy groups -OCH3 is 1. The number of anilines is 1. The second-order valence-corrected chi connectivity index (χ2v) is 6.57. The van der Waals surface area contributed by atoms with Crippen LogP contribution in [0.4, 0.5) is 5.69 Å². The van der Waals surface area contributed by atoms with E-state index in [0.29, 0.717) is 29.5 Å². The molecule has 2 aromatic rings. The Bertz CT molecular complexity index is 818. The fourth-order valence-electron chi connectivity index (χ4n) is 2.94. The van der Waals surface area contributed by atoms with E-state index in [-0.39, 0.29) is 11.7 Å². The zero-order valence-corrected chi connectivity index (χ0v) is 15.3. The minimum absolute atomic E-state index is 0.0762. The van der Waals surface area contributed by atoms with Gasteiger partial charge < -0.3 is 15.2 Å². The molecule has 0 bridgehead atoms. The molecule has 0 atom stereocenters. The van der Waals surface area contributed by atoms with Crippen molar-refractivity contribution < 1.29 is 14.6 Å². The van der Waals surface area contributed by atoms with Crippen molar-refractivity contribution in [3.05, 3.63) is 59.1 Å². The molecule has 26 heavy (non-hydrogen) atoms. The minimum Gasteiger partial charge on any atom is -0.508 e. The second-order valence-electron chi connectivity index (χ2n) is 6.16. The van der Waals surface area contributed by atoms with Crippen LogP contribution in [0.25, 0.3) is 5.57 Å². The molecule has 0 saturated carbocycles. The molecule has 0 radical (unpaired) electrons. The van der Waals surface area contributed by atoms with Gasteiger partial charge in [0.2, 0.25) is 5.91 Å². The van der Waals surface area contributed by atoms with E-state index in [1.165, 1.54) is 5.57 Å². The summed E-state index contributed by atoms with van der Waals surface area (Å²) in [5.74, 6) is 0.766. The molecule has 1 heterocycles. The third-order valence-corrected chi connectivity index (χ3v) is 4.63. The highest BCUT2D eigenvalue weighted by molar-refractivity contribution is 6.32. The number of aromatic hydroxyl groups is 1. The first kappa shape index (κ1) is 18.3. The number of nitrogens with one attached hydrogen (secondary N) is 1. The zero-order valence-electron chi connectivity index (χ0n) is 14.5. The lowest BCUT2D eigenvalue weighted by Gasteiger charge is -2.26. The SMILES string of the molecule is COc1ccc(NC(=O)CN2CC=C(c3ccc(O)cc3)CC2)cc1Cl. The Balaban J connectivity index is 1.54. The molecule has 5 nitrogen and oxygen atoms in total. The van der Waals surface area contributed by atoms with Gasteiger partial charge in [-0.3, -0.25) is 9.69 Å². The number of ether oxygens (including phenoxy) is 1. The number of rotatable bonds is 5. The van der Waals surface area contributed by atoms with Gasteiger partial charge in [0.15, 0.2) is 0 Å². The monoisotopic (exact) mass is 372 g/mol. The van der Waals surface area contributed by atoms with Crippen LogP contribution < -0.4 is 10.1 Å². The molecule has 136 valence electrons. The highest BCUT2D eigenvalue weighted by atomic mass is 35.5. The third kappa shape index (κ3) is 4.56. The predicted molar refractivity (Wildman–Crippen MR) is 104 cm³/mol. The molecule has 6 heteroatoms. The maximum atomic E-state index is 12.3. The highest BCUT2D eigenvalue weighted by Crippen LogP contribution is 2.27. The van der Waals surface area contributed by atoms with Gasteiger partial charge in [0.25, 0.3) is 0 Å². The van der Waals surface area contributed by atoms with Crippen molar-refractivity contribution in [1.82, 2.24) is 4.90 Å². The van der Waals surface area contributed by atoms with Crippen LogP contribution in [0.1, 0.15) is 12.0 Å². The number of phenolic OH excluding ortho intramolecular Hbond substituents is 1. The Morgan fingerprint density at radius 1 is 1.27 bits per heavy atom. The number of benzene rings is 2. The largest absolute Gasteiger partial charge is 0.508 e. The van der Waals surface area contributed by atoms with Gasteiger partial charge in [0.1, 0.15) is 11.5 Å². The normalized spacial score (nSPS) is 14.6. The van der Waals surface area contributed by atoms with Crippen LogP contribution in [0.5, 0.6) is 11.5 Å². The lowest BCUT2D eigenvalue weighted by molar-refractivity contribution is -0.117. The summed E-state index contributed by atoms with van der Waals surface area (Å²) in [4.78, 5) is 14.3. The Hall–Kier alpha value is -2.50. The molecule has 1 aliphatic heterocycles. The smallest absolute Gasteiger partial charge is 0.238 e. The van der Waals surface area contributed by atoms with Crippen molar-refractivity contribution in [2.45, 2.75) is 6.42 Å². The summed E-state index contributed by atoms with van der Waals surface area (Å²) in [5.41, 5.74) is 3.00. The van der Waals surface area contributed by atoms with Crippen LogP contribution >= 0.6 is 11.6 Å². The molecule has 0 saturated heterocycles. The van der Waals surface area contributed by atoms with Crippen molar-refractivity contribution in [1.29, 1.82) is 0 Å². The minimum atomic E-state index is -0.0762. The average Bonchev–Trinajstić information content (AvgIpc) is 2.63. The van der Waals surface area contributed by atoms with E-state index >= 15 is 0 Å². The van der Waals surface area contributed by atoms with Crippen molar-refractivity contribution in [3.63, 3.8) is 0 Å². The first-order chi connectivity index (χ1) is 12.5. The van der Waals surface area contributed by atoms with E-state index in [1.807, 2.05) is 12.1 Å².